The minimum atomic E-state index is -2.93. The second-order valence-corrected chi connectivity index (χ2v) is 7.80. The highest BCUT2D eigenvalue weighted by Gasteiger charge is 2.31. The molecule has 1 aromatic heterocycles. The van der Waals surface area contributed by atoms with Gasteiger partial charge in [-0.25, -0.2) is 8.42 Å². The summed E-state index contributed by atoms with van der Waals surface area (Å²) in [6.45, 7) is 0.461. The van der Waals surface area contributed by atoms with E-state index in [1.165, 1.54) is 0 Å². The molecule has 21 heavy (non-hydrogen) atoms. The number of hydrogen-bond acceptors (Lipinski definition) is 4. The second-order valence-electron chi connectivity index (χ2n) is 5.40. The van der Waals surface area contributed by atoms with Crippen molar-refractivity contribution in [3.63, 3.8) is 0 Å². The Hall–Kier alpha value is -1.59. The first-order valence-electron chi connectivity index (χ1n) is 7.20. The molecule has 4 nitrogen and oxygen atoms in total. The molecule has 112 valence electrons. The van der Waals surface area contributed by atoms with E-state index in [1.807, 2.05) is 42.5 Å². The zero-order valence-electron chi connectivity index (χ0n) is 11.7. The van der Waals surface area contributed by atoms with Crippen LogP contribution in [0.2, 0.25) is 0 Å². The van der Waals surface area contributed by atoms with E-state index in [1.54, 1.807) is 6.26 Å². The molecule has 1 saturated heterocycles. The molecule has 0 aliphatic carbocycles. The van der Waals surface area contributed by atoms with Gasteiger partial charge >= 0.3 is 0 Å². The molecule has 0 radical (unpaired) electrons. The number of rotatable bonds is 5. The van der Waals surface area contributed by atoms with Crippen LogP contribution in [0.4, 0.5) is 0 Å². The highest BCUT2D eigenvalue weighted by molar-refractivity contribution is 7.92. The zero-order valence-corrected chi connectivity index (χ0v) is 12.6. The first kappa shape index (κ1) is 14.4. The summed E-state index contributed by atoms with van der Waals surface area (Å²) in [6.07, 6.45) is 3.15. The Morgan fingerprint density at radius 2 is 2.00 bits per heavy atom. The fourth-order valence-corrected chi connectivity index (χ4v) is 4.60. The van der Waals surface area contributed by atoms with Crippen molar-refractivity contribution >= 4 is 9.84 Å². The van der Waals surface area contributed by atoms with Crippen molar-refractivity contribution in [3.05, 3.63) is 60.1 Å². The molecule has 0 amide bonds. The molecule has 1 aliphatic rings. The average Bonchev–Trinajstić information content (AvgIpc) is 3.11. The van der Waals surface area contributed by atoms with E-state index in [2.05, 4.69) is 5.32 Å². The van der Waals surface area contributed by atoms with Crippen molar-refractivity contribution < 1.29 is 12.8 Å². The Morgan fingerprint density at radius 1 is 1.19 bits per heavy atom. The second kappa shape index (κ2) is 6.03. The fraction of sp³-hybridized carbons (Fsp3) is 0.375. The SMILES string of the molecule is O=S1(=O)CCCC1CNC(c1ccccc1)c1ccco1. The maximum absolute atomic E-state index is 11.9. The van der Waals surface area contributed by atoms with Gasteiger partial charge in [-0.3, -0.25) is 0 Å². The van der Waals surface area contributed by atoms with Gasteiger partial charge in [0.1, 0.15) is 5.76 Å². The predicted octanol–water partition coefficient (Wildman–Crippen LogP) is 2.54. The number of nitrogens with one attached hydrogen (secondary N) is 1. The highest BCUT2D eigenvalue weighted by Crippen LogP contribution is 2.24. The van der Waals surface area contributed by atoms with Crippen LogP contribution in [0.1, 0.15) is 30.2 Å². The smallest absolute Gasteiger partial charge is 0.154 e. The quantitative estimate of drug-likeness (QED) is 0.922. The highest BCUT2D eigenvalue weighted by atomic mass is 32.2. The minimum absolute atomic E-state index is 0.114. The van der Waals surface area contributed by atoms with E-state index in [0.29, 0.717) is 12.3 Å². The van der Waals surface area contributed by atoms with Crippen molar-refractivity contribution in [3.8, 4) is 0 Å². The lowest BCUT2D eigenvalue weighted by atomic mass is 10.0. The molecule has 1 N–H and O–H groups in total. The molecule has 0 bridgehead atoms. The van der Waals surface area contributed by atoms with Crippen LogP contribution < -0.4 is 5.32 Å². The lowest BCUT2D eigenvalue weighted by Gasteiger charge is -2.19. The van der Waals surface area contributed by atoms with Crippen LogP contribution in [-0.4, -0.2) is 26.0 Å². The summed E-state index contributed by atoms with van der Waals surface area (Å²) < 4.78 is 29.4. The van der Waals surface area contributed by atoms with Gasteiger partial charge in [-0.05, 0) is 30.5 Å². The Kier molecular flexibility index (Phi) is 4.12. The molecule has 0 spiro atoms. The van der Waals surface area contributed by atoms with Gasteiger partial charge in [-0.1, -0.05) is 30.3 Å². The molecule has 1 aromatic carbocycles. The molecular weight excluding hydrogens is 286 g/mol. The number of hydrogen-bond donors (Lipinski definition) is 1. The van der Waals surface area contributed by atoms with E-state index < -0.39 is 9.84 Å². The van der Waals surface area contributed by atoms with Gasteiger partial charge in [-0.15, -0.1) is 0 Å². The van der Waals surface area contributed by atoms with E-state index in [4.69, 9.17) is 4.42 Å². The van der Waals surface area contributed by atoms with Crippen molar-refractivity contribution in [1.82, 2.24) is 5.32 Å². The number of furan rings is 1. The third-order valence-corrected chi connectivity index (χ3v) is 6.25. The van der Waals surface area contributed by atoms with Gasteiger partial charge in [-0.2, -0.15) is 0 Å². The van der Waals surface area contributed by atoms with Crippen LogP contribution in [0.5, 0.6) is 0 Å². The summed E-state index contributed by atoms with van der Waals surface area (Å²) in [6, 6.07) is 13.6. The lowest BCUT2D eigenvalue weighted by Crippen LogP contribution is -2.33. The largest absolute Gasteiger partial charge is 0.467 e. The minimum Gasteiger partial charge on any atom is -0.467 e. The van der Waals surface area contributed by atoms with Crippen LogP contribution in [0.3, 0.4) is 0 Å². The number of sulfone groups is 1. The van der Waals surface area contributed by atoms with Crippen molar-refractivity contribution in [1.29, 1.82) is 0 Å². The standard InChI is InChI=1S/C16H19NO3S/c18-21(19)11-5-8-14(21)12-17-16(15-9-4-10-20-15)13-6-2-1-3-7-13/h1-4,6-7,9-10,14,16-17H,5,8,11-12H2. The van der Waals surface area contributed by atoms with Crippen molar-refractivity contribution in [2.45, 2.75) is 24.1 Å². The Bertz CT molecular complexity index is 665. The van der Waals surface area contributed by atoms with E-state index >= 15 is 0 Å². The van der Waals surface area contributed by atoms with Crippen LogP contribution in [0.25, 0.3) is 0 Å². The molecule has 2 unspecified atom stereocenters. The van der Waals surface area contributed by atoms with Crippen LogP contribution >= 0.6 is 0 Å². The molecule has 2 atom stereocenters. The van der Waals surface area contributed by atoms with Gasteiger partial charge in [0.25, 0.3) is 0 Å². The van der Waals surface area contributed by atoms with Gasteiger partial charge in [0.2, 0.25) is 0 Å². The Labute approximate surface area is 125 Å². The van der Waals surface area contributed by atoms with E-state index in [0.717, 1.165) is 24.2 Å². The van der Waals surface area contributed by atoms with E-state index in [9.17, 15) is 8.42 Å². The Balaban J connectivity index is 1.78. The van der Waals surface area contributed by atoms with Gasteiger partial charge < -0.3 is 9.73 Å². The summed E-state index contributed by atoms with van der Waals surface area (Å²) in [7, 11) is -2.93. The Morgan fingerprint density at radius 3 is 2.62 bits per heavy atom. The van der Waals surface area contributed by atoms with Gasteiger partial charge in [0.15, 0.2) is 9.84 Å². The summed E-state index contributed by atoms with van der Waals surface area (Å²) in [5.74, 6) is 1.12. The lowest BCUT2D eigenvalue weighted by molar-refractivity contribution is 0.443. The third-order valence-electron chi connectivity index (χ3n) is 3.97. The molecule has 2 heterocycles. The molecule has 0 saturated carbocycles. The van der Waals surface area contributed by atoms with Crippen LogP contribution in [0.15, 0.2) is 53.1 Å². The first-order valence-corrected chi connectivity index (χ1v) is 8.92. The molecule has 1 fully saturated rings. The summed E-state index contributed by atoms with van der Waals surface area (Å²) in [5, 5.41) is 3.08. The monoisotopic (exact) mass is 305 g/mol. The number of benzene rings is 1. The fourth-order valence-electron chi connectivity index (χ4n) is 2.82. The molecule has 2 aromatic rings. The van der Waals surface area contributed by atoms with Gasteiger partial charge in [0.05, 0.1) is 23.3 Å². The maximum Gasteiger partial charge on any atom is 0.154 e. The van der Waals surface area contributed by atoms with Crippen LogP contribution in [-0.2, 0) is 9.84 Å². The predicted molar refractivity (Wildman–Crippen MR) is 81.8 cm³/mol. The van der Waals surface area contributed by atoms with Crippen molar-refractivity contribution in [2.75, 3.05) is 12.3 Å². The summed E-state index contributed by atoms with van der Waals surface area (Å²) in [5.41, 5.74) is 1.07. The average molecular weight is 305 g/mol. The van der Waals surface area contributed by atoms with Crippen molar-refractivity contribution in [2.24, 2.45) is 0 Å². The maximum atomic E-state index is 11.9. The third kappa shape index (κ3) is 3.19. The zero-order chi connectivity index (χ0) is 14.7. The molecule has 5 heteroatoms. The van der Waals surface area contributed by atoms with Crippen LogP contribution in [0, 0.1) is 0 Å². The normalized spacial score (nSPS) is 22.2. The summed E-state index contributed by atoms with van der Waals surface area (Å²) >= 11 is 0. The first-order chi connectivity index (χ1) is 10.2. The topological polar surface area (TPSA) is 59.3 Å². The summed E-state index contributed by atoms with van der Waals surface area (Å²) in [4.78, 5) is 0. The molecule has 3 rings (SSSR count). The molecule has 1 aliphatic heterocycles. The van der Waals surface area contributed by atoms with E-state index in [-0.39, 0.29) is 11.3 Å². The van der Waals surface area contributed by atoms with Gasteiger partial charge in [0, 0.05) is 6.54 Å². The molecular formula is C16H19NO3S.